The van der Waals surface area contributed by atoms with Crippen molar-refractivity contribution in [2.45, 2.75) is 33.9 Å². The Kier molecular flexibility index (Phi) is 5.32. The van der Waals surface area contributed by atoms with Crippen molar-refractivity contribution >= 4 is 33.4 Å². The smallest absolute Gasteiger partial charge is 0.326 e. The van der Waals surface area contributed by atoms with E-state index in [9.17, 15) is 9.59 Å². The molecule has 0 bridgehead atoms. The monoisotopic (exact) mass is 372 g/mol. The molecule has 0 aliphatic rings. The third kappa shape index (κ3) is 3.60. The van der Waals surface area contributed by atoms with E-state index in [0.29, 0.717) is 23.6 Å². The highest BCUT2D eigenvalue weighted by atomic mass is 32.1. The molecule has 0 fully saturated rings. The lowest BCUT2D eigenvalue weighted by molar-refractivity contribution is -0.143. The van der Waals surface area contributed by atoms with E-state index in [0.717, 1.165) is 15.8 Å². The number of esters is 1. The van der Waals surface area contributed by atoms with Crippen LogP contribution in [0.25, 0.3) is 10.2 Å². The van der Waals surface area contributed by atoms with Crippen LogP contribution in [-0.4, -0.2) is 32.8 Å². The molecule has 7 nitrogen and oxygen atoms in total. The van der Waals surface area contributed by atoms with Gasteiger partial charge >= 0.3 is 5.97 Å². The van der Waals surface area contributed by atoms with E-state index in [2.05, 4.69) is 10.1 Å². The zero-order valence-electron chi connectivity index (χ0n) is 14.9. The summed E-state index contributed by atoms with van der Waals surface area (Å²) in [7, 11) is 0. The predicted molar refractivity (Wildman–Crippen MR) is 99.0 cm³/mol. The van der Waals surface area contributed by atoms with Crippen molar-refractivity contribution in [1.82, 2.24) is 14.3 Å². The fourth-order valence-electron chi connectivity index (χ4n) is 2.66. The van der Waals surface area contributed by atoms with Crippen LogP contribution in [0.3, 0.4) is 0 Å². The van der Waals surface area contributed by atoms with Crippen LogP contribution in [0.2, 0.25) is 0 Å². The lowest BCUT2D eigenvalue weighted by atomic mass is 10.2. The van der Waals surface area contributed by atoms with Gasteiger partial charge in [-0.05, 0) is 44.5 Å². The molecule has 0 aliphatic heterocycles. The predicted octanol–water partition coefficient (Wildman–Crippen LogP) is 2.53. The molecule has 0 N–H and O–H groups in total. The number of aryl methyl sites for hydroxylation is 2. The van der Waals surface area contributed by atoms with Crippen molar-refractivity contribution in [2.24, 2.45) is 4.99 Å². The first kappa shape index (κ1) is 18.1. The molecule has 0 unspecified atom stereocenters. The number of rotatable bonds is 5. The van der Waals surface area contributed by atoms with Crippen LogP contribution in [0, 0.1) is 6.92 Å². The van der Waals surface area contributed by atoms with E-state index < -0.39 is 0 Å². The Morgan fingerprint density at radius 2 is 2.08 bits per heavy atom. The third-order valence-corrected chi connectivity index (χ3v) is 4.90. The molecule has 3 rings (SSSR count). The maximum atomic E-state index is 12.6. The largest absolute Gasteiger partial charge is 0.465 e. The molecule has 0 aliphatic carbocycles. The molecular weight excluding hydrogens is 352 g/mol. The second-order valence-electron chi connectivity index (χ2n) is 5.70. The molecule has 2 aromatic heterocycles. The summed E-state index contributed by atoms with van der Waals surface area (Å²) in [4.78, 5) is 29.4. The molecule has 3 aromatic rings. The average molecular weight is 372 g/mol. The van der Waals surface area contributed by atoms with Gasteiger partial charge in [0, 0.05) is 12.7 Å². The van der Waals surface area contributed by atoms with Crippen LogP contribution in [-0.2, 0) is 22.6 Å². The molecule has 1 amide bonds. The summed E-state index contributed by atoms with van der Waals surface area (Å²) >= 11 is 1.38. The number of aromatic nitrogens is 3. The number of hydrogen-bond donors (Lipinski definition) is 0. The number of thiazole rings is 1. The van der Waals surface area contributed by atoms with Crippen LogP contribution in [0.5, 0.6) is 0 Å². The van der Waals surface area contributed by atoms with Crippen molar-refractivity contribution in [1.29, 1.82) is 0 Å². The number of carbonyl (C=O) groups is 2. The summed E-state index contributed by atoms with van der Waals surface area (Å²) in [6.45, 7) is 6.57. The van der Waals surface area contributed by atoms with Crippen LogP contribution in [0.1, 0.15) is 29.9 Å². The molecule has 1 aromatic carbocycles. The van der Waals surface area contributed by atoms with Crippen molar-refractivity contribution in [3.8, 4) is 0 Å². The zero-order chi connectivity index (χ0) is 18.7. The summed E-state index contributed by atoms with van der Waals surface area (Å²) in [5.41, 5.74) is 2.37. The maximum absolute atomic E-state index is 12.6. The minimum Gasteiger partial charge on any atom is -0.465 e. The van der Waals surface area contributed by atoms with Gasteiger partial charge in [0.1, 0.15) is 12.2 Å². The maximum Gasteiger partial charge on any atom is 0.326 e. The normalized spacial score (nSPS) is 11.9. The summed E-state index contributed by atoms with van der Waals surface area (Å²) in [6, 6.07) is 7.55. The van der Waals surface area contributed by atoms with E-state index in [-0.39, 0.29) is 18.4 Å². The van der Waals surface area contributed by atoms with Gasteiger partial charge in [0.15, 0.2) is 4.80 Å². The first-order valence-corrected chi connectivity index (χ1v) is 9.21. The number of nitrogens with zero attached hydrogens (tertiary/aromatic N) is 4. The van der Waals surface area contributed by atoms with Gasteiger partial charge in [-0.3, -0.25) is 14.3 Å². The highest BCUT2D eigenvalue weighted by Crippen LogP contribution is 2.19. The van der Waals surface area contributed by atoms with Gasteiger partial charge in [0.2, 0.25) is 0 Å². The number of benzene rings is 1. The third-order valence-electron chi connectivity index (χ3n) is 3.86. The topological polar surface area (TPSA) is 78.5 Å². The molecule has 0 atom stereocenters. The van der Waals surface area contributed by atoms with E-state index in [1.807, 2.05) is 32.0 Å². The second kappa shape index (κ2) is 7.65. The standard InChI is InChI=1S/C18H20N4O3S/c1-4-22-14(8-9-19-22)17(24)20-18-21(11-16(23)25-5-2)13-7-6-12(3)10-15(13)26-18/h6-10H,4-5,11H2,1-3H3. The Labute approximate surface area is 154 Å². The van der Waals surface area contributed by atoms with E-state index in [1.54, 1.807) is 28.4 Å². The first-order chi connectivity index (χ1) is 12.5. The quantitative estimate of drug-likeness (QED) is 0.645. The highest BCUT2D eigenvalue weighted by molar-refractivity contribution is 7.16. The zero-order valence-corrected chi connectivity index (χ0v) is 15.7. The molecule has 0 spiro atoms. The van der Waals surface area contributed by atoms with Gasteiger partial charge < -0.3 is 9.30 Å². The van der Waals surface area contributed by atoms with Crippen molar-refractivity contribution in [2.75, 3.05) is 6.61 Å². The van der Waals surface area contributed by atoms with Gasteiger partial charge in [-0.1, -0.05) is 17.4 Å². The van der Waals surface area contributed by atoms with Crippen LogP contribution >= 0.6 is 11.3 Å². The fourth-order valence-corrected chi connectivity index (χ4v) is 3.79. The number of ether oxygens (including phenoxy) is 1. The minimum absolute atomic E-state index is 0.00997. The van der Waals surface area contributed by atoms with Gasteiger partial charge in [0.05, 0.1) is 16.8 Å². The fraction of sp³-hybridized carbons (Fsp3) is 0.333. The van der Waals surface area contributed by atoms with Gasteiger partial charge in [-0.2, -0.15) is 10.1 Å². The number of hydrogen-bond acceptors (Lipinski definition) is 5. The number of amides is 1. The first-order valence-electron chi connectivity index (χ1n) is 8.40. The van der Waals surface area contributed by atoms with Gasteiger partial charge in [-0.15, -0.1) is 0 Å². The molecule has 0 saturated carbocycles. The van der Waals surface area contributed by atoms with E-state index >= 15 is 0 Å². The van der Waals surface area contributed by atoms with Crippen LogP contribution in [0.15, 0.2) is 35.5 Å². The van der Waals surface area contributed by atoms with Crippen molar-refractivity contribution in [3.05, 3.63) is 46.5 Å². The summed E-state index contributed by atoms with van der Waals surface area (Å²) in [6.07, 6.45) is 1.58. The van der Waals surface area contributed by atoms with Crippen molar-refractivity contribution in [3.63, 3.8) is 0 Å². The average Bonchev–Trinajstić information content (AvgIpc) is 3.20. The summed E-state index contributed by atoms with van der Waals surface area (Å²) < 4.78 is 9.34. The number of carbonyl (C=O) groups excluding carboxylic acids is 2. The Morgan fingerprint density at radius 3 is 2.81 bits per heavy atom. The molecule has 2 heterocycles. The molecule has 8 heteroatoms. The van der Waals surface area contributed by atoms with Crippen LogP contribution < -0.4 is 4.80 Å². The Morgan fingerprint density at radius 1 is 1.27 bits per heavy atom. The van der Waals surface area contributed by atoms with E-state index in [4.69, 9.17) is 4.74 Å². The molecule has 26 heavy (non-hydrogen) atoms. The summed E-state index contributed by atoms with van der Waals surface area (Å²) in [5, 5.41) is 4.11. The molecule has 0 radical (unpaired) electrons. The number of fused-ring (bicyclic) bond motifs is 1. The lowest BCUT2D eigenvalue weighted by Gasteiger charge is -2.05. The molecule has 0 saturated heterocycles. The van der Waals surface area contributed by atoms with Crippen LogP contribution in [0.4, 0.5) is 0 Å². The van der Waals surface area contributed by atoms with Crippen molar-refractivity contribution < 1.29 is 14.3 Å². The molecular formula is C18H20N4O3S. The Balaban J connectivity index is 2.11. The van der Waals surface area contributed by atoms with Gasteiger partial charge in [0.25, 0.3) is 5.91 Å². The SMILES string of the molecule is CCOC(=O)Cn1c(=NC(=O)c2ccnn2CC)sc2cc(C)ccc21. The Bertz CT molecular complexity index is 1030. The minimum atomic E-state index is -0.384. The molecule has 136 valence electrons. The lowest BCUT2D eigenvalue weighted by Crippen LogP contribution is -2.23. The summed E-state index contributed by atoms with van der Waals surface area (Å²) in [5.74, 6) is -0.745. The van der Waals surface area contributed by atoms with E-state index in [1.165, 1.54) is 11.3 Å². The Hall–Kier alpha value is -2.74. The highest BCUT2D eigenvalue weighted by Gasteiger charge is 2.14. The van der Waals surface area contributed by atoms with Gasteiger partial charge in [-0.25, -0.2) is 0 Å². The second-order valence-corrected chi connectivity index (χ2v) is 6.71.